The zero-order valence-corrected chi connectivity index (χ0v) is 23.8. The number of para-hydroxylation sites is 4. The van der Waals surface area contributed by atoms with E-state index in [4.69, 9.17) is 28.4 Å². The fourth-order valence-electron chi connectivity index (χ4n) is 5.41. The minimum Gasteiger partial charge on any atom is -0.507 e. The lowest BCUT2D eigenvalue weighted by Crippen LogP contribution is -2.10. The van der Waals surface area contributed by atoms with Crippen LogP contribution in [0.2, 0.25) is 0 Å². The molecule has 0 atom stereocenters. The molecule has 1 aliphatic carbocycles. The van der Waals surface area contributed by atoms with Crippen LogP contribution < -0.4 is 14.2 Å². The van der Waals surface area contributed by atoms with Gasteiger partial charge in [0, 0.05) is 47.0 Å². The number of aromatic hydroxyl groups is 1. The summed E-state index contributed by atoms with van der Waals surface area (Å²) in [7, 11) is 4.83. The maximum Gasteiger partial charge on any atom is 0.188 e. The Morgan fingerprint density at radius 3 is 0.951 bits per heavy atom. The molecule has 0 heterocycles. The van der Waals surface area contributed by atoms with Gasteiger partial charge >= 0.3 is 0 Å². The second-order valence-electron chi connectivity index (χ2n) is 10.0. The Balaban J connectivity index is 1.72. The van der Waals surface area contributed by atoms with Crippen molar-refractivity contribution in [3.05, 3.63) is 117 Å². The highest BCUT2D eigenvalue weighted by Crippen LogP contribution is 2.38. The summed E-state index contributed by atoms with van der Waals surface area (Å²) in [5, 5.41) is 11.4. The van der Waals surface area contributed by atoms with Crippen molar-refractivity contribution < 1.29 is 33.5 Å². The van der Waals surface area contributed by atoms with Crippen LogP contribution in [0.5, 0.6) is 23.0 Å². The summed E-state index contributed by atoms with van der Waals surface area (Å²) in [5.74, 6) is 2.53. The first-order chi connectivity index (χ1) is 20.1. The molecule has 0 saturated carbocycles. The van der Waals surface area contributed by atoms with Crippen molar-refractivity contribution in [3.8, 4) is 23.0 Å². The predicted molar refractivity (Wildman–Crippen MR) is 156 cm³/mol. The van der Waals surface area contributed by atoms with Crippen molar-refractivity contribution in [2.24, 2.45) is 0 Å². The standard InChI is InChI=1S/C34H36O7/c1-36-20-39-32-25-10-5-12-27(32)18-29-14-7-15-30(34(29)41-22-38-3)19-28-13-6-11-26(33(28)40-21-37-2)17-24-9-4-8-23(16-25)31(24)35/h4-15,35H,16-22H2,1-3H3. The Hall–Kier alpha value is -4.04. The van der Waals surface area contributed by atoms with Gasteiger partial charge in [-0.1, -0.05) is 72.8 Å². The maximum atomic E-state index is 11.4. The largest absolute Gasteiger partial charge is 0.507 e. The Bertz CT molecular complexity index is 1380. The van der Waals surface area contributed by atoms with Gasteiger partial charge in [0.25, 0.3) is 0 Å². The summed E-state index contributed by atoms with van der Waals surface area (Å²) in [6, 6.07) is 24.3. The molecule has 0 aliphatic heterocycles. The molecule has 1 N–H and O–H groups in total. The van der Waals surface area contributed by atoms with E-state index in [2.05, 4.69) is 30.3 Å². The third kappa shape index (κ3) is 6.49. The first-order valence-electron chi connectivity index (χ1n) is 13.6. The van der Waals surface area contributed by atoms with Crippen molar-refractivity contribution in [1.29, 1.82) is 0 Å². The molecule has 0 aromatic heterocycles. The molecular weight excluding hydrogens is 520 g/mol. The molecule has 0 saturated heterocycles. The second-order valence-corrected chi connectivity index (χ2v) is 10.0. The molecule has 4 aromatic rings. The van der Waals surface area contributed by atoms with Crippen LogP contribution in [-0.2, 0) is 39.9 Å². The van der Waals surface area contributed by atoms with E-state index < -0.39 is 0 Å². The van der Waals surface area contributed by atoms with Crippen LogP contribution in [0, 0.1) is 0 Å². The number of benzene rings is 4. The minimum atomic E-state index is 0.113. The van der Waals surface area contributed by atoms with Gasteiger partial charge in [-0.05, 0) is 44.5 Å². The van der Waals surface area contributed by atoms with Gasteiger partial charge in [-0.2, -0.15) is 0 Å². The molecule has 0 fully saturated rings. The van der Waals surface area contributed by atoms with Gasteiger partial charge in [-0.25, -0.2) is 0 Å². The highest BCUT2D eigenvalue weighted by atomic mass is 16.7. The Morgan fingerprint density at radius 1 is 0.439 bits per heavy atom. The van der Waals surface area contributed by atoms with Gasteiger partial charge in [0.1, 0.15) is 23.0 Å². The Kier molecular flexibility index (Phi) is 9.41. The van der Waals surface area contributed by atoms with E-state index in [9.17, 15) is 5.11 Å². The molecule has 8 bridgehead atoms. The van der Waals surface area contributed by atoms with Gasteiger partial charge in [0.2, 0.25) is 0 Å². The van der Waals surface area contributed by atoms with E-state index in [1.54, 1.807) is 21.3 Å². The smallest absolute Gasteiger partial charge is 0.188 e. The zero-order valence-electron chi connectivity index (χ0n) is 23.8. The maximum absolute atomic E-state index is 11.4. The fourth-order valence-corrected chi connectivity index (χ4v) is 5.41. The Morgan fingerprint density at radius 2 is 0.683 bits per heavy atom. The molecule has 214 valence electrons. The van der Waals surface area contributed by atoms with Crippen LogP contribution >= 0.6 is 0 Å². The second kappa shape index (κ2) is 13.5. The van der Waals surface area contributed by atoms with E-state index in [1.807, 2.05) is 42.5 Å². The molecule has 0 unspecified atom stereocenters. The summed E-state index contributed by atoms with van der Waals surface area (Å²) in [6.07, 6.45) is 2.12. The first-order valence-corrected chi connectivity index (χ1v) is 13.6. The zero-order chi connectivity index (χ0) is 28.6. The molecular formula is C34H36O7. The number of phenolic OH excluding ortho intramolecular Hbond substituents is 1. The van der Waals surface area contributed by atoms with Crippen LogP contribution in [-0.4, -0.2) is 46.8 Å². The summed E-state index contributed by atoms with van der Waals surface area (Å²) >= 11 is 0. The van der Waals surface area contributed by atoms with E-state index >= 15 is 0 Å². The van der Waals surface area contributed by atoms with E-state index in [0.29, 0.717) is 25.7 Å². The molecule has 41 heavy (non-hydrogen) atoms. The minimum absolute atomic E-state index is 0.113. The third-order valence-corrected chi connectivity index (χ3v) is 7.22. The van der Waals surface area contributed by atoms with Gasteiger partial charge in [0.15, 0.2) is 20.4 Å². The highest BCUT2D eigenvalue weighted by Gasteiger charge is 2.21. The van der Waals surface area contributed by atoms with E-state index in [-0.39, 0.29) is 26.1 Å². The summed E-state index contributed by atoms with van der Waals surface area (Å²) < 4.78 is 34.4. The molecule has 7 heteroatoms. The monoisotopic (exact) mass is 556 g/mol. The van der Waals surface area contributed by atoms with Crippen molar-refractivity contribution >= 4 is 0 Å². The van der Waals surface area contributed by atoms with Gasteiger partial charge in [-0.3, -0.25) is 0 Å². The summed E-state index contributed by atoms with van der Waals surface area (Å²) in [5.41, 5.74) is 7.55. The average Bonchev–Trinajstić information content (AvgIpc) is 2.98. The quantitative estimate of drug-likeness (QED) is 0.223. The number of rotatable bonds is 9. The lowest BCUT2D eigenvalue weighted by molar-refractivity contribution is 0.0489. The van der Waals surface area contributed by atoms with E-state index in [0.717, 1.165) is 61.8 Å². The Labute approximate surface area is 241 Å². The third-order valence-electron chi connectivity index (χ3n) is 7.22. The van der Waals surface area contributed by atoms with Gasteiger partial charge < -0.3 is 33.5 Å². The molecule has 5 rings (SSSR count). The summed E-state index contributed by atoms with van der Waals surface area (Å²) in [6.45, 7) is 0.349. The normalized spacial score (nSPS) is 12.6. The lowest BCUT2D eigenvalue weighted by Gasteiger charge is -2.21. The number of hydrogen-bond acceptors (Lipinski definition) is 7. The van der Waals surface area contributed by atoms with Crippen LogP contribution in [0.1, 0.15) is 44.5 Å². The van der Waals surface area contributed by atoms with Gasteiger partial charge in [-0.15, -0.1) is 0 Å². The molecule has 0 amide bonds. The molecule has 0 radical (unpaired) electrons. The highest BCUT2D eigenvalue weighted by molar-refractivity contribution is 5.55. The number of methoxy groups -OCH3 is 3. The average molecular weight is 557 g/mol. The number of phenols is 1. The molecule has 4 aromatic carbocycles. The van der Waals surface area contributed by atoms with E-state index in [1.165, 1.54) is 0 Å². The van der Waals surface area contributed by atoms with Crippen LogP contribution in [0.25, 0.3) is 0 Å². The van der Waals surface area contributed by atoms with Crippen LogP contribution in [0.4, 0.5) is 0 Å². The first kappa shape index (κ1) is 28.5. The van der Waals surface area contributed by atoms with Crippen molar-refractivity contribution in [1.82, 2.24) is 0 Å². The topological polar surface area (TPSA) is 75.6 Å². The molecule has 0 spiro atoms. The van der Waals surface area contributed by atoms with Crippen molar-refractivity contribution in [3.63, 3.8) is 0 Å². The van der Waals surface area contributed by atoms with Crippen LogP contribution in [0.15, 0.2) is 72.8 Å². The number of hydrogen-bond donors (Lipinski definition) is 1. The SMILES string of the molecule is COCOc1c2cccc1Cc1cccc(c1OCOC)Cc1cccc(c1OCOC)Cc1cccc(c1O)C2. The predicted octanol–water partition coefficient (Wildman–Crippen LogP) is 6.02. The van der Waals surface area contributed by atoms with Crippen molar-refractivity contribution in [2.45, 2.75) is 25.7 Å². The number of ether oxygens (including phenoxy) is 6. The number of fused-ring (bicyclic) bond motifs is 8. The van der Waals surface area contributed by atoms with Gasteiger partial charge in [0.05, 0.1) is 0 Å². The van der Waals surface area contributed by atoms with Crippen LogP contribution in [0.3, 0.4) is 0 Å². The lowest BCUT2D eigenvalue weighted by atomic mass is 9.91. The summed E-state index contributed by atoms with van der Waals surface area (Å²) in [4.78, 5) is 0. The van der Waals surface area contributed by atoms with Crippen molar-refractivity contribution in [2.75, 3.05) is 41.7 Å². The fraction of sp³-hybridized carbons (Fsp3) is 0.294. The molecule has 7 nitrogen and oxygen atoms in total. The molecule has 1 aliphatic rings.